The van der Waals surface area contributed by atoms with Gasteiger partial charge in [-0.15, -0.1) is 0 Å². The highest BCUT2D eigenvalue weighted by Crippen LogP contribution is 2.16. The molecule has 1 aromatic heterocycles. The number of hydrogen-bond acceptors (Lipinski definition) is 5. The maximum atomic E-state index is 4.45. The highest BCUT2D eigenvalue weighted by molar-refractivity contribution is 5.47. The zero-order chi connectivity index (χ0) is 13.0. The summed E-state index contributed by atoms with van der Waals surface area (Å²) in [7, 11) is 1.88. The first-order valence-electron chi connectivity index (χ1n) is 6.73. The van der Waals surface area contributed by atoms with E-state index in [-0.39, 0.29) is 0 Å². The summed E-state index contributed by atoms with van der Waals surface area (Å²) in [5.41, 5.74) is 0. The Labute approximate surface area is 109 Å². The molecule has 1 saturated heterocycles. The molecule has 1 fully saturated rings. The molecule has 0 saturated carbocycles. The van der Waals surface area contributed by atoms with Crippen LogP contribution >= 0.6 is 0 Å². The molecule has 2 N–H and O–H groups in total. The minimum atomic E-state index is 0.498. The average Bonchev–Trinajstić information content (AvgIpc) is 2.38. The Kier molecular flexibility index (Phi) is 4.36. The minimum absolute atomic E-state index is 0.498. The minimum Gasteiger partial charge on any atom is -0.373 e. The van der Waals surface area contributed by atoms with Gasteiger partial charge in [0.05, 0.1) is 0 Å². The van der Waals surface area contributed by atoms with Crippen molar-refractivity contribution in [1.29, 1.82) is 0 Å². The monoisotopic (exact) mass is 249 g/mol. The molecule has 1 aromatic rings. The standard InChI is InChI=1S/C13H23N5/c1-4-18-7-5-6-11(9-18)17-13-8-12(14-3)15-10(2)16-13/h8,11H,4-7,9H2,1-3H3,(H2,14,15,16,17). The summed E-state index contributed by atoms with van der Waals surface area (Å²) in [5, 5.41) is 6.59. The van der Waals surface area contributed by atoms with Crippen molar-refractivity contribution < 1.29 is 0 Å². The third-order valence-electron chi connectivity index (χ3n) is 3.40. The molecule has 0 radical (unpaired) electrons. The number of nitrogens with zero attached hydrogens (tertiary/aromatic N) is 3. The molecule has 18 heavy (non-hydrogen) atoms. The summed E-state index contributed by atoms with van der Waals surface area (Å²) in [4.78, 5) is 11.2. The Hall–Kier alpha value is -1.36. The van der Waals surface area contributed by atoms with E-state index in [1.807, 2.05) is 20.0 Å². The molecule has 5 nitrogen and oxygen atoms in total. The van der Waals surface area contributed by atoms with Crippen molar-refractivity contribution in [1.82, 2.24) is 14.9 Å². The molecule has 0 aromatic carbocycles. The summed E-state index contributed by atoms with van der Waals surface area (Å²) in [5.74, 6) is 2.59. The molecule has 1 unspecified atom stereocenters. The molecule has 0 bridgehead atoms. The van der Waals surface area contributed by atoms with Crippen LogP contribution in [0.1, 0.15) is 25.6 Å². The average molecular weight is 249 g/mol. The third kappa shape index (κ3) is 3.32. The SMILES string of the molecule is CCN1CCCC(Nc2cc(NC)nc(C)n2)C1. The van der Waals surface area contributed by atoms with Crippen LogP contribution in [-0.4, -0.2) is 47.6 Å². The van der Waals surface area contributed by atoms with Crippen LogP contribution in [0.15, 0.2) is 6.07 Å². The Morgan fingerprint density at radius 1 is 1.39 bits per heavy atom. The predicted molar refractivity (Wildman–Crippen MR) is 75.1 cm³/mol. The Morgan fingerprint density at radius 2 is 2.17 bits per heavy atom. The topological polar surface area (TPSA) is 53.1 Å². The lowest BCUT2D eigenvalue weighted by molar-refractivity contribution is 0.226. The van der Waals surface area contributed by atoms with Crippen LogP contribution in [0.4, 0.5) is 11.6 Å². The lowest BCUT2D eigenvalue weighted by Crippen LogP contribution is -2.42. The molecular formula is C13H23N5. The lowest BCUT2D eigenvalue weighted by atomic mass is 10.1. The quantitative estimate of drug-likeness (QED) is 0.851. The lowest BCUT2D eigenvalue weighted by Gasteiger charge is -2.32. The number of rotatable bonds is 4. The van der Waals surface area contributed by atoms with Crippen LogP contribution in [-0.2, 0) is 0 Å². The van der Waals surface area contributed by atoms with Crippen LogP contribution in [0, 0.1) is 6.92 Å². The Morgan fingerprint density at radius 3 is 2.89 bits per heavy atom. The molecular weight excluding hydrogens is 226 g/mol. The van der Waals surface area contributed by atoms with E-state index in [1.165, 1.54) is 19.4 Å². The van der Waals surface area contributed by atoms with Crippen molar-refractivity contribution in [3.63, 3.8) is 0 Å². The van der Waals surface area contributed by atoms with Crippen LogP contribution < -0.4 is 10.6 Å². The van der Waals surface area contributed by atoms with Gasteiger partial charge in [-0.25, -0.2) is 9.97 Å². The first-order chi connectivity index (χ1) is 8.71. The van der Waals surface area contributed by atoms with Gasteiger partial charge in [-0.2, -0.15) is 0 Å². The maximum absolute atomic E-state index is 4.45. The highest BCUT2D eigenvalue weighted by atomic mass is 15.2. The van der Waals surface area contributed by atoms with E-state index in [0.717, 1.165) is 30.5 Å². The number of aryl methyl sites for hydroxylation is 1. The molecule has 0 amide bonds. The third-order valence-corrected chi connectivity index (χ3v) is 3.40. The van der Waals surface area contributed by atoms with Crippen LogP contribution in [0.2, 0.25) is 0 Å². The molecule has 1 aliphatic heterocycles. The van der Waals surface area contributed by atoms with E-state index in [0.29, 0.717) is 6.04 Å². The Balaban J connectivity index is 2.02. The number of hydrogen-bond donors (Lipinski definition) is 2. The summed E-state index contributed by atoms with van der Waals surface area (Å²) in [6, 6.07) is 2.47. The number of anilines is 2. The first kappa shape index (κ1) is 13.1. The fourth-order valence-electron chi connectivity index (χ4n) is 2.44. The number of nitrogens with one attached hydrogen (secondary N) is 2. The van der Waals surface area contributed by atoms with Crippen molar-refractivity contribution in [2.24, 2.45) is 0 Å². The largest absolute Gasteiger partial charge is 0.373 e. The van der Waals surface area contributed by atoms with Gasteiger partial charge < -0.3 is 15.5 Å². The van der Waals surface area contributed by atoms with Gasteiger partial charge >= 0.3 is 0 Å². The van der Waals surface area contributed by atoms with E-state index in [9.17, 15) is 0 Å². The Bertz CT molecular complexity index is 393. The van der Waals surface area contributed by atoms with Gasteiger partial charge in [-0.1, -0.05) is 6.92 Å². The maximum Gasteiger partial charge on any atom is 0.132 e. The first-order valence-corrected chi connectivity index (χ1v) is 6.73. The summed E-state index contributed by atoms with van der Waals surface area (Å²) in [6.45, 7) is 7.60. The summed E-state index contributed by atoms with van der Waals surface area (Å²) >= 11 is 0. The highest BCUT2D eigenvalue weighted by Gasteiger charge is 2.18. The molecule has 0 aliphatic carbocycles. The van der Waals surface area contributed by atoms with Crippen LogP contribution in [0.5, 0.6) is 0 Å². The van der Waals surface area contributed by atoms with E-state index in [1.54, 1.807) is 0 Å². The molecule has 2 heterocycles. The zero-order valence-electron chi connectivity index (χ0n) is 11.5. The summed E-state index contributed by atoms with van der Waals surface area (Å²) < 4.78 is 0. The summed E-state index contributed by atoms with van der Waals surface area (Å²) in [6.07, 6.45) is 2.48. The second-order valence-electron chi connectivity index (χ2n) is 4.81. The molecule has 1 atom stereocenters. The van der Waals surface area contributed by atoms with Gasteiger partial charge in [-0.05, 0) is 32.9 Å². The van der Waals surface area contributed by atoms with Crippen molar-refractivity contribution in [2.45, 2.75) is 32.7 Å². The van der Waals surface area contributed by atoms with Gasteiger partial charge in [0, 0.05) is 25.7 Å². The van der Waals surface area contributed by atoms with Gasteiger partial charge in [0.25, 0.3) is 0 Å². The van der Waals surface area contributed by atoms with Gasteiger partial charge in [0.15, 0.2) is 0 Å². The van der Waals surface area contributed by atoms with Gasteiger partial charge in [0.1, 0.15) is 17.5 Å². The normalized spacial score (nSPS) is 20.7. The molecule has 100 valence electrons. The van der Waals surface area contributed by atoms with Crippen molar-refractivity contribution in [3.8, 4) is 0 Å². The van der Waals surface area contributed by atoms with E-state index in [2.05, 4.69) is 32.4 Å². The zero-order valence-corrected chi connectivity index (χ0v) is 11.5. The van der Waals surface area contributed by atoms with Gasteiger partial charge in [-0.3, -0.25) is 0 Å². The van der Waals surface area contributed by atoms with E-state index >= 15 is 0 Å². The second kappa shape index (κ2) is 6.00. The number of likely N-dealkylation sites (N-methyl/N-ethyl adjacent to an activating group) is 1. The number of piperidine rings is 1. The number of aromatic nitrogens is 2. The molecule has 5 heteroatoms. The predicted octanol–water partition coefficient (Wildman–Crippen LogP) is 1.72. The van der Waals surface area contributed by atoms with Crippen molar-refractivity contribution >= 4 is 11.6 Å². The molecule has 2 rings (SSSR count). The van der Waals surface area contributed by atoms with Crippen molar-refractivity contribution in [2.75, 3.05) is 37.3 Å². The van der Waals surface area contributed by atoms with Crippen molar-refractivity contribution in [3.05, 3.63) is 11.9 Å². The molecule has 1 aliphatic rings. The fraction of sp³-hybridized carbons (Fsp3) is 0.692. The smallest absolute Gasteiger partial charge is 0.132 e. The fourth-order valence-corrected chi connectivity index (χ4v) is 2.44. The van der Waals surface area contributed by atoms with E-state index < -0.39 is 0 Å². The van der Waals surface area contributed by atoms with E-state index in [4.69, 9.17) is 0 Å². The second-order valence-corrected chi connectivity index (χ2v) is 4.81. The van der Waals surface area contributed by atoms with Crippen LogP contribution in [0.3, 0.4) is 0 Å². The molecule has 0 spiro atoms. The number of likely N-dealkylation sites (tertiary alicyclic amines) is 1. The van der Waals surface area contributed by atoms with Crippen LogP contribution in [0.25, 0.3) is 0 Å². The van der Waals surface area contributed by atoms with Gasteiger partial charge in [0.2, 0.25) is 0 Å².